The van der Waals surface area contributed by atoms with E-state index in [9.17, 15) is 4.79 Å². The van der Waals surface area contributed by atoms with Crippen LogP contribution < -0.4 is 10.4 Å². The molecule has 0 aliphatic heterocycles. The Kier molecular flexibility index (Phi) is 3.12. The van der Waals surface area contributed by atoms with Crippen molar-refractivity contribution in [3.63, 3.8) is 0 Å². The molecule has 0 bridgehead atoms. The van der Waals surface area contributed by atoms with Gasteiger partial charge >= 0.3 is 5.63 Å². The molecule has 0 atom stereocenters. The van der Waals surface area contributed by atoms with Crippen LogP contribution in [-0.4, -0.2) is 6.61 Å². The number of rotatable bonds is 3. The maximum absolute atomic E-state index is 11.6. The Hall–Kier alpha value is -2.25. The van der Waals surface area contributed by atoms with E-state index >= 15 is 0 Å². The van der Waals surface area contributed by atoms with E-state index in [1.54, 1.807) is 19.1 Å². The molecule has 1 heterocycles. The van der Waals surface area contributed by atoms with Crippen molar-refractivity contribution in [2.75, 3.05) is 6.61 Å². The highest BCUT2D eigenvalue weighted by Gasteiger charge is 2.11. The number of fused-ring (bicyclic) bond motifs is 1. The van der Waals surface area contributed by atoms with Crippen LogP contribution in [0.15, 0.2) is 51.9 Å². The van der Waals surface area contributed by atoms with Crippen LogP contribution in [0, 0.1) is 6.92 Å². The van der Waals surface area contributed by atoms with Gasteiger partial charge in [0.25, 0.3) is 0 Å². The Morgan fingerprint density at radius 2 is 2.24 bits per heavy atom. The lowest BCUT2D eigenvalue weighted by Gasteiger charge is -2.08. The van der Waals surface area contributed by atoms with Gasteiger partial charge in [0.05, 0.1) is 10.9 Å². The molecule has 0 saturated heterocycles. The zero-order valence-corrected chi connectivity index (χ0v) is 9.53. The molecule has 86 valence electrons. The third-order valence-corrected chi connectivity index (χ3v) is 2.44. The van der Waals surface area contributed by atoms with Gasteiger partial charge in [-0.2, -0.15) is 0 Å². The molecule has 0 amide bonds. The van der Waals surface area contributed by atoms with Gasteiger partial charge in [0.2, 0.25) is 0 Å². The summed E-state index contributed by atoms with van der Waals surface area (Å²) in [6, 6.07) is 7.29. The number of benzene rings is 1. The van der Waals surface area contributed by atoms with E-state index in [1.807, 2.05) is 18.2 Å². The van der Waals surface area contributed by atoms with Crippen molar-refractivity contribution in [1.29, 1.82) is 0 Å². The third kappa shape index (κ3) is 2.14. The molecule has 2 aromatic rings. The SMILES string of the molecule is C=C=CCOc1c(C)c(=O)oc2ccccc12. The minimum absolute atomic E-state index is 0.331. The Labute approximate surface area is 98.6 Å². The van der Waals surface area contributed by atoms with E-state index < -0.39 is 0 Å². The van der Waals surface area contributed by atoms with Crippen LogP contribution in [0.4, 0.5) is 0 Å². The summed E-state index contributed by atoms with van der Waals surface area (Å²) in [4.78, 5) is 11.6. The van der Waals surface area contributed by atoms with Crippen molar-refractivity contribution in [3.05, 3.63) is 58.6 Å². The molecular weight excluding hydrogens is 216 g/mol. The second-order valence-electron chi connectivity index (χ2n) is 3.56. The first kappa shape index (κ1) is 11.2. The van der Waals surface area contributed by atoms with E-state index in [-0.39, 0.29) is 5.63 Å². The van der Waals surface area contributed by atoms with Gasteiger partial charge in [0, 0.05) is 0 Å². The molecule has 0 radical (unpaired) electrons. The van der Waals surface area contributed by atoms with Crippen molar-refractivity contribution < 1.29 is 9.15 Å². The summed E-state index contributed by atoms with van der Waals surface area (Å²) >= 11 is 0. The Bertz CT molecular complexity index is 646. The predicted octanol–water partition coefficient (Wildman–Crippen LogP) is 2.82. The van der Waals surface area contributed by atoms with E-state index in [2.05, 4.69) is 12.3 Å². The average molecular weight is 228 g/mol. The first-order valence-corrected chi connectivity index (χ1v) is 5.23. The summed E-state index contributed by atoms with van der Waals surface area (Å²) in [7, 11) is 0. The van der Waals surface area contributed by atoms with Crippen molar-refractivity contribution in [2.24, 2.45) is 0 Å². The molecule has 3 nitrogen and oxygen atoms in total. The van der Waals surface area contributed by atoms with Crippen LogP contribution in [0.1, 0.15) is 5.56 Å². The maximum atomic E-state index is 11.6. The molecule has 1 aromatic carbocycles. The highest BCUT2D eigenvalue weighted by atomic mass is 16.5. The lowest BCUT2D eigenvalue weighted by atomic mass is 10.1. The highest BCUT2D eigenvalue weighted by molar-refractivity contribution is 5.84. The van der Waals surface area contributed by atoms with Gasteiger partial charge in [-0.3, -0.25) is 0 Å². The van der Waals surface area contributed by atoms with Gasteiger partial charge in [-0.1, -0.05) is 18.7 Å². The molecule has 3 heteroatoms. The minimum atomic E-state index is -0.374. The van der Waals surface area contributed by atoms with Crippen molar-refractivity contribution in [2.45, 2.75) is 6.92 Å². The van der Waals surface area contributed by atoms with E-state index in [1.165, 1.54) is 0 Å². The molecule has 0 aliphatic rings. The maximum Gasteiger partial charge on any atom is 0.342 e. The topological polar surface area (TPSA) is 39.4 Å². The fourth-order valence-corrected chi connectivity index (χ4v) is 1.58. The van der Waals surface area contributed by atoms with Gasteiger partial charge in [0.1, 0.15) is 17.9 Å². The Morgan fingerprint density at radius 3 is 3.00 bits per heavy atom. The van der Waals surface area contributed by atoms with E-state index in [4.69, 9.17) is 9.15 Å². The summed E-state index contributed by atoms with van der Waals surface area (Å²) in [5.74, 6) is 0.559. The first-order chi connectivity index (χ1) is 8.24. The Balaban J connectivity index is 2.61. The second kappa shape index (κ2) is 4.73. The van der Waals surface area contributed by atoms with Crippen LogP contribution in [0.3, 0.4) is 0 Å². The molecule has 0 aliphatic carbocycles. The quantitative estimate of drug-likeness (QED) is 0.599. The third-order valence-electron chi connectivity index (χ3n) is 2.44. The summed E-state index contributed by atoms with van der Waals surface area (Å²) in [5, 5.41) is 0.794. The van der Waals surface area contributed by atoms with Gasteiger partial charge in [0.15, 0.2) is 0 Å². The lowest BCUT2D eigenvalue weighted by molar-refractivity contribution is 0.360. The molecule has 0 fully saturated rings. The van der Waals surface area contributed by atoms with Gasteiger partial charge in [-0.25, -0.2) is 4.79 Å². The summed E-state index contributed by atoms with van der Waals surface area (Å²) in [6.45, 7) is 5.47. The fraction of sp³-hybridized carbons (Fsp3) is 0.143. The van der Waals surface area contributed by atoms with Crippen molar-refractivity contribution in [1.82, 2.24) is 0 Å². The highest BCUT2D eigenvalue weighted by Crippen LogP contribution is 2.26. The molecule has 0 spiro atoms. The molecule has 0 N–H and O–H groups in total. The average Bonchev–Trinajstić information content (AvgIpc) is 2.34. The smallest absolute Gasteiger partial charge is 0.342 e. The summed E-state index contributed by atoms with van der Waals surface area (Å²) in [6.07, 6.45) is 1.66. The Morgan fingerprint density at radius 1 is 1.47 bits per heavy atom. The van der Waals surface area contributed by atoms with Crippen LogP contribution in [0.2, 0.25) is 0 Å². The van der Waals surface area contributed by atoms with Crippen LogP contribution in [0.5, 0.6) is 5.75 Å². The van der Waals surface area contributed by atoms with Crippen LogP contribution in [0.25, 0.3) is 11.0 Å². The minimum Gasteiger partial charge on any atom is -0.488 e. The molecule has 17 heavy (non-hydrogen) atoms. The largest absolute Gasteiger partial charge is 0.488 e. The van der Waals surface area contributed by atoms with E-state index in [0.29, 0.717) is 23.5 Å². The van der Waals surface area contributed by atoms with Gasteiger partial charge in [-0.15, -0.1) is 5.73 Å². The monoisotopic (exact) mass is 228 g/mol. The van der Waals surface area contributed by atoms with Crippen molar-refractivity contribution in [3.8, 4) is 5.75 Å². The summed E-state index contributed by atoms with van der Waals surface area (Å²) < 4.78 is 10.7. The standard InChI is InChI=1S/C14H12O3/c1-3-4-9-16-13-10(2)14(15)17-12-8-6-5-7-11(12)13/h4-8H,1,9H2,2H3. The summed E-state index contributed by atoms with van der Waals surface area (Å²) in [5.41, 5.74) is 3.25. The lowest BCUT2D eigenvalue weighted by Crippen LogP contribution is -2.07. The van der Waals surface area contributed by atoms with Crippen molar-refractivity contribution >= 4 is 11.0 Å². The fourth-order valence-electron chi connectivity index (χ4n) is 1.58. The molecular formula is C14H12O3. The van der Waals surface area contributed by atoms with Crippen LogP contribution in [-0.2, 0) is 0 Å². The number of hydrogen-bond acceptors (Lipinski definition) is 3. The second-order valence-corrected chi connectivity index (χ2v) is 3.56. The number of para-hydroxylation sites is 1. The zero-order valence-electron chi connectivity index (χ0n) is 9.53. The zero-order chi connectivity index (χ0) is 12.3. The van der Waals surface area contributed by atoms with E-state index in [0.717, 1.165) is 5.39 Å². The predicted molar refractivity (Wildman–Crippen MR) is 66.4 cm³/mol. The number of hydrogen-bond donors (Lipinski definition) is 0. The normalized spacial score (nSPS) is 9.94. The first-order valence-electron chi connectivity index (χ1n) is 5.23. The molecule has 0 saturated carbocycles. The number of ether oxygens (including phenoxy) is 1. The molecule has 0 unspecified atom stereocenters. The molecule has 1 aromatic heterocycles. The van der Waals surface area contributed by atoms with Gasteiger partial charge < -0.3 is 9.15 Å². The van der Waals surface area contributed by atoms with Gasteiger partial charge in [-0.05, 0) is 25.1 Å². The van der Waals surface area contributed by atoms with Crippen LogP contribution >= 0.6 is 0 Å². The molecule has 2 rings (SSSR count).